The molecular weight excluding hydrogens is 226 g/mol. The quantitative estimate of drug-likeness (QED) is 0.820. The van der Waals surface area contributed by atoms with Crippen LogP contribution in [0.2, 0.25) is 5.15 Å². The van der Waals surface area contributed by atoms with Crippen molar-refractivity contribution in [2.45, 2.75) is 18.9 Å². The molecule has 0 saturated carbocycles. The van der Waals surface area contributed by atoms with Crippen molar-refractivity contribution in [3.05, 3.63) is 17.4 Å². The highest BCUT2D eigenvalue weighted by Gasteiger charge is 2.21. The number of pyridine rings is 1. The van der Waals surface area contributed by atoms with Gasteiger partial charge < -0.3 is 15.4 Å². The van der Waals surface area contributed by atoms with Crippen LogP contribution in [0.3, 0.4) is 0 Å². The summed E-state index contributed by atoms with van der Waals surface area (Å²) in [6, 6.07) is 2.21. The molecule has 1 aromatic rings. The molecule has 1 atom stereocenters. The third-order valence-electron chi connectivity index (χ3n) is 2.96. The second kappa shape index (κ2) is 4.89. The van der Waals surface area contributed by atoms with Crippen LogP contribution in [-0.2, 0) is 0 Å². The first-order valence-corrected chi connectivity index (χ1v) is 5.78. The lowest BCUT2D eigenvalue weighted by molar-refractivity contribution is 0.198. The fourth-order valence-corrected chi connectivity index (χ4v) is 2.01. The Balaban J connectivity index is 1.91. The average Bonchev–Trinajstić information content (AvgIpc) is 2.66. The fraction of sp³-hybridized carbons (Fsp3) is 0.545. The van der Waals surface area contributed by atoms with E-state index in [0.717, 1.165) is 6.54 Å². The summed E-state index contributed by atoms with van der Waals surface area (Å²) in [5, 5.41) is 0.324. The monoisotopic (exact) mass is 241 g/mol. The lowest BCUT2D eigenvalue weighted by Gasteiger charge is -2.19. The van der Waals surface area contributed by atoms with Crippen LogP contribution in [0.1, 0.15) is 12.8 Å². The number of halogens is 1. The Labute approximate surface area is 100 Å². The first-order valence-electron chi connectivity index (χ1n) is 5.41. The summed E-state index contributed by atoms with van der Waals surface area (Å²) in [5.74, 6) is 0.683. The van der Waals surface area contributed by atoms with E-state index in [1.54, 1.807) is 12.3 Å². The molecule has 88 valence electrons. The lowest BCUT2D eigenvalue weighted by Crippen LogP contribution is -2.30. The SMILES string of the molecule is CN1CCC[C@@H]1COc1cnc(Cl)c(N)c1. The number of anilines is 1. The van der Waals surface area contributed by atoms with Crippen molar-refractivity contribution in [2.24, 2.45) is 0 Å². The van der Waals surface area contributed by atoms with Gasteiger partial charge in [-0.15, -0.1) is 0 Å². The Morgan fingerprint density at radius 2 is 2.50 bits per heavy atom. The van der Waals surface area contributed by atoms with Crippen LogP contribution >= 0.6 is 11.6 Å². The summed E-state index contributed by atoms with van der Waals surface area (Å²) in [5.41, 5.74) is 6.10. The highest BCUT2D eigenvalue weighted by molar-refractivity contribution is 6.31. The van der Waals surface area contributed by atoms with Crippen molar-refractivity contribution < 1.29 is 4.74 Å². The molecule has 0 unspecified atom stereocenters. The molecular formula is C11H16ClN3O. The van der Waals surface area contributed by atoms with E-state index in [-0.39, 0.29) is 0 Å². The second-order valence-electron chi connectivity index (χ2n) is 4.14. The molecule has 0 aromatic carbocycles. The van der Waals surface area contributed by atoms with Gasteiger partial charge in [-0.3, -0.25) is 0 Å². The molecule has 1 aromatic heterocycles. The van der Waals surface area contributed by atoms with Crippen LogP contribution in [0.5, 0.6) is 5.75 Å². The number of likely N-dealkylation sites (tertiary alicyclic amines) is 1. The predicted octanol–water partition coefficient (Wildman–Crippen LogP) is 1.79. The first-order chi connectivity index (χ1) is 7.66. The van der Waals surface area contributed by atoms with E-state index in [2.05, 4.69) is 16.9 Å². The molecule has 0 radical (unpaired) electrons. The van der Waals surface area contributed by atoms with Crippen LogP contribution in [-0.4, -0.2) is 36.1 Å². The van der Waals surface area contributed by atoms with Gasteiger partial charge in [0, 0.05) is 12.1 Å². The maximum atomic E-state index is 5.73. The zero-order chi connectivity index (χ0) is 11.5. The zero-order valence-electron chi connectivity index (χ0n) is 9.32. The van der Waals surface area contributed by atoms with Gasteiger partial charge in [-0.05, 0) is 26.4 Å². The smallest absolute Gasteiger partial charge is 0.152 e. The second-order valence-corrected chi connectivity index (χ2v) is 4.50. The van der Waals surface area contributed by atoms with Crippen LogP contribution in [0.25, 0.3) is 0 Å². The molecule has 1 aliphatic heterocycles. The molecule has 1 saturated heterocycles. The van der Waals surface area contributed by atoms with E-state index in [1.807, 2.05) is 0 Å². The fourth-order valence-electron chi connectivity index (χ4n) is 1.91. The van der Waals surface area contributed by atoms with E-state index in [4.69, 9.17) is 22.1 Å². The van der Waals surface area contributed by atoms with Crippen LogP contribution < -0.4 is 10.5 Å². The lowest BCUT2D eigenvalue weighted by atomic mass is 10.2. The minimum Gasteiger partial charge on any atom is -0.490 e. The molecule has 4 nitrogen and oxygen atoms in total. The number of likely N-dealkylation sites (N-methyl/N-ethyl adjacent to an activating group) is 1. The van der Waals surface area contributed by atoms with Gasteiger partial charge in [0.05, 0.1) is 11.9 Å². The molecule has 0 amide bonds. The van der Waals surface area contributed by atoms with Crippen LogP contribution in [0.4, 0.5) is 5.69 Å². The third kappa shape index (κ3) is 2.57. The topological polar surface area (TPSA) is 51.4 Å². The third-order valence-corrected chi connectivity index (χ3v) is 3.27. The standard InChI is InChI=1S/C11H16ClN3O/c1-15-4-2-3-8(15)7-16-9-5-10(13)11(12)14-6-9/h5-6,8H,2-4,7,13H2,1H3/t8-/m1/s1. The predicted molar refractivity (Wildman–Crippen MR) is 64.8 cm³/mol. The van der Waals surface area contributed by atoms with Crippen molar-refractivity contribution in [3.63, 3.8) is 0 Å². The first kappa shape index (κ1) is 11.5. The van der Waals surface area contributed by atoms with Gasteiger partial charge in [0.25, 0.3) is 0 Å². The van der Waals surface area contributed by atoms with E-state index in [0.29, 0.717) is 29.2 Å². The molecule has 16 heavy (non-hydrogen) atoms. The molecule has 1 fully saturated rings. The van der Waals surface area contributed by atoms with Gasteiger partial charge >= 0.3 is 0 Å². The van der Waals surface area contributed by atoms with E-state index in [1.165, 1.54) is 12.8 Å². The zero-order valence-corrected chi connectivity index (χ0v) is 10.1. The molecule has 0 bridgehead atoms. The molecule has 0 aliphatic carbocycles. The highest BCUT2D eigenvalue weighted by atomic mass is 35.5. The minimum atomic E-state index is 0.324. The van der Waals surface area contributed by atoms with Gasteiger partial charge in [-0.25, -0.2) is 4.98 Å². The van der Waals surface area contributed by atoms with Gasteiger partial charge in [0.15, 0.2) is 5.15 Å². The molecule has 5 heteroatoms. The molecule has 1 aliphatic rings. The Kier molecular flexibility index (Phi) is 3.51. The number of nitrogens with two attached hydrogens (primary N) is 1. The van der Waals surface area contributed by atoms with E-state index < -0.39 is 0 Å². The molecule has 2 N–H and O–H groups in total. The molecule has 2 rings (SSSR count). The number of nitrogens with zero attached hydrogens (tertiary/aromatic N) is 2. The Hall–Kier alpha value is -1.00. The van der Waals surface area contributed by atoms with E-state index >= 15 is 0 Å². The average molecular weight is 242 g/mol. The normalized spacial score (nSPS) is 21.2. The summed E-state index contributed by atoms with van der Waals surface area (Å²) in [4.78, 5) is 6.26. The van der Waals surface area contributed by atoms with Crippen molar-refractivity contribution in [2.75, 3.05) is 25.9 Å². The van der Waals surface area contributed by atoms with Crippen LogP contribution in [0.15, 0.2) is 12.3 Å². The van der Waals surface area contributed by atoms with Crippen molar-refractivity contribution in [3.8, 4) is 5.75 Å². The highest BCUT2D eigenvalue weighted by Crippen LogP contribution is 2.22. The summed E-state index contributed by atoms with van der Waals surface area (Å²) >= 11 is 5.73. The summed E-state index contributed by atoms with van der Waals surface area (Å²) in [6.07, 6.45) is 4.03. The Morgan fingerprint density at radius 1 is 1.69 bits per heavy atom. The van der Waals surface area contributed by atoms with Gasteiger partial charge in [-0.1, -0.05) is 11.6 Å². The Morgan fingerprint density at radius 3 is 3.12 bits per heavy atom. The number of nitrogen functional groups attached to an aromatic ring is 1. The van der Waals surface area contributed by atoms with Crippen molar-refractivity contribution >= 4 is 17.3 Å². The number of ether oxygens (including phenoxy) is 1. The van der Waals surface area contributed by atoms with Gasteiger partial charge in [0.1, 0.15) is 12.4 Å². The largest absolute Gasteiger partial charge is 0.490 e. The summed E-state index contributed by atoms with van der Waals surface area (Å²) in [6.45, 7) is 1.83. The number of hydrogen-bond donors (Lipinski definition) is 1. The number of aromatic nitrogens is 1. The van der Waals surface area contributed by atoms with Crippen LogP contribution in [0, 0.1) is 0 Å². The van der Waals surface area contributed by atoms with Gasteiger partial charge in [-0.2, -0.15) is 0 Å². The van der Waals surface area contributed by atoms with E-state index in [9.17, 15) is 0 Å². The number of hydrogen-bond acceptors (Lipinski definition) is 4. The Bertz CT molecular complexity index is 372. The minimum absolute atomic E-state index is 0.324. The molecule has 0 spiro atoms. The van der Waals surface area contributed by atoms with Crippen molar-refractivity contribution in [1.82, 2.24) is 9.88 Å². The maximum absolute atomic E-state index is 5.73. The molecule has 2 heterocycles. The summed E-state index contributed by atoms with van der Waals surface area (Å²) in [7, 11) is 2.12. The number of rotatable bonds is 3. The maximum Gasteiger partial charge on any atom is 0.152 e. The van der Waals surface area contributed by atoms with Crippen molar-refractivity contribution in [1.29, 1.82) is 0 Å². The van der Waals surface area contributed by atoms with Gasteiger partial charge in [0.2, 0.25) is 0 Å². The summed E-state index contributed by atoms with van der Waals surface area (Å²) < 4.78 is 5.65.